The highest BCUT2D eigenvalue weighted by atomic mass is 16.5. The fourth-order valence-corrected chi connectivity index (χ4v) is 2.09. The summed E-state index contributed by atoms with van der Waals surface area (Å²) in [5, 5.41) is 18.7. The molecule has 0 aliphatic rings. The second-order valence-electron chi connectivity index (χ2n) is 5.04. The number of hydrogen-bond acceptors (Lipinski definition) is 4. The van der Waals surface area contributed by atoms with Crippen molar-refractivity contribution in [1.29, 1.82) is 0 Å². The van der Waals surface area contributed by atoms with Crippen LogP contribution in [0.3, 0.4) is 0 Å². The summed E-state index contributed by atoms with van der Waals surface area (Å²) >= 11 is 0. The molecule has 6 heteroatoms. The van der Waals surface area contributed by atoms with E-state index in [-0.39, 0.29) is 11.6 Å². The summed E-state index contributed by atoms with van der Waals surface area (Å²) in [7, 11) is 0. The molecule has 1 heterocycles. The van der Waals surface area contributed by atoms with E-state index in [0.29, 0.717) is 11.4 Å². The smallest absolute Gasteiger partial charge is 0.325 e. The maximum Gasteiger partial charge on any atom is 0.325 e. The maximum atomic E-state index is 11.9. The van der Waals surface area contributed by atoms with E-state index in [1.165, 1.54) is 0 Å². The molecule has 116 valence electrons. The number of phenols is 1. The van der Waals surface area contributed by atoms with Gasteiger partial charge in [-0.2, -0.15) is 0 Å². The topological polar surface area (TPSA) is 87.4 Å². The quantitative estimate of drug-likeness (QED) is 0.638. The first-order valence-electron chi connectivity index (χ1n) is 7.01. The molecule has 0 fully saturated rings. The van der Waals surface area contributed by atoms with Gasteiger partial charge in [0.25, 0.3) is 0 Å². The molecular weight excluding hydrogens is 294 g/mol. The fourth-order valence-electron chi connectivity index (χ4n) is 2.09. The van der Waals surface area contributed by atoms with E-state index in [0.717, 1.165) is 11.1 Å². The highest BCUT2D eigenvalue weighted by molar-refractivity contribution is 6.00. The number of carbonyl (C=O) groups is 1. The third kappa shape index (κ3) is 3.49. The SMILES string of the molecule is Cc1ccc(NC(=O)Nc2cc(-c3ccccc3)on2)c(O)c1. The average Bonchev–Trinajstić information content (AvgIpc) is 2.99. The van der Waals surface area contributed by atoms with Crippen LogP contribution in [0.2, 0.25) is 0 Å². The zero-order valence-corrected chi connectivity index (χ0v) is 12.4. The average molecular weight is 309 g/mol. The minimum atomic E-state index is -0.517. The number of urea groups is 1. The van der Waals surface area contributed by atoms with Gasteiger partial charge in [-0.05, 0) is 24.6 Å². The predicted molar refractivity (Wildman–Crippen MR) is 87.4 cm³/mol. The van der Waals surface area contributed by atoms with Gasteiger partial charge in [-0.3, -0.25) is 5.32 Å². The third-order valence-electron chi connectivity index (χ3n) is 3.21. The number of nitrogens with zero attached hydrogens (tertiary/aromatic N) is 1. The first-order chi connectivity index (χ1) is 11.1. The molecule has 2 amide bonds. The molecule has 6 nitrogen and oxygen atoms in total. The van der Waals surface area contributed by atoms with Crippen molar-refractivity contribution in [3.05, 3.63) is 60.2 Å². The molecule has 0 saturated carbocycles. The molecule has 0 saturated heterocycles. The number of aromatic nitrogens is 1. The zero-order chi connectivity index (χ0) is 16.2. The van der Waals surface area contributed by atoms with E-state index >= 15 is 0 Å². The van der Waals surface area contributed by atoms with Crippen LogP contribution in [0.25, 0.3) is 11.3 Å². The Morgan fingerprint density at radius 3 is 2.61 bits per heavy atom. The lowest BCUT2D eigenvalue weighted by atomic mass is 10.2. The number of hydrogen-bond donors (Lipinski definition) is 3. The van der Waals surface area contributed by atoms with Crippen molar-refractivity contribution in [3.63, 3.8) is 0 Å². The van der Waals surface area contributed by atoms with E-state index < -0.39 is 6.03 Å². The third-order valence-corrected chi connectivity index (χ3v) is 3.21. The number of rotatable bonds is 3. The highest BCUT2D eigenvalue weighted by Crippen LogP contribution is 2.25. The van der Waals surface area contributed by atoms with Gasteiger partial charge in [0.1, 0.15) is 5.75 Å². The molecule has 0 bridgehead atoms. The summed E-state index contributed by atoms with van der Waals surface area (Å²) in [4.78, 5) is 11.9. The van der Waals surface area contributed by atoms with E-state index in [2.05, 4.69) is 15.8 Å². The van der Waals surface area contributed by atoms with Gasteiger partial charge in [0, 0.05) is 11.6 Å². The van der Waals surface area contributed by atoms with Gasteiger partial charge < -0.3 is 14.9 Å². The molecule has 1 aromatic heterocycles. The van der Waals surface area contributed by atoms with Crippen LogP contribution in [0.5, 0.6) is 5.75 Å². The lowest BCUT2D eigenvalue weighted by Crippen LogP contribution is -2.19. The molecule has 0 aliphatic heterocycles. The first kappa shape index (κ1) is 14.6. The van der Waals surface area contributed by atoms with Crippen LogP contribution in [0.1, 0.15) is 5.56 Å². The van der Waals surface area contributed by atoms with Crippen molar-refractivity contribution in [2.24, 2.45) is 0 Å². The van der Waals surface area contributed by atoms with Gasteiger partial charge in [-0.25, -0.2) is 4.79 Å². The summed E-state index contributed by atoms with van der Waals surface area (Å²) in [6.07, 6.45) is 0. The Morgan fingerprint density at radius 2 is 1.87 bits per heavy atom. The molecule has 0 radical (unpaired) electrons. The van der Waals surface area contributed by atoms with Crippen LogP contribution in [-0.4, -0.2) is 16.3 Å². The Morgan fingerprint density at radius 1 is 1.09 bits per heavy atom. The number of amides is 2. The van der Waals surface area contributed by atoms with E-state index in [9.17, 15) is 9.90 Å². The van der Waals surface area contributed by atoms with Crippen LogP contribution in [0, 0.1) is 6.92 Å². The van der Waals surface area contributed by atoms with Gasteiger partial charge in [0.15, 0.2) is 11.6 Å². The summed E-state index contributed by atoms with van der Waals surface area (Å²) in [5.41, 5.74) is 2.09. The normalized spacial score (nSPS) is 10.3. The van der Waals surface area contributed by atoms with E-state index in [1.54, 1.807) is 24.3 Å². The summed E-state index contributed by atoms with van der Waals surface area (Å²) < 4.78 is 5.20. The number of carbonyl (C=O) groups excluding carboxylic acids is 1. The Hall–Kier alpha value is -3.28. The summed E-state index contributed by atoms with van der Waals surface area (Å²) in [6.45, 7) is 1.85. The van der Waals surface area contributed by atoms with Gasteiger partial charge >= 0.3 is 6.03 Å². The molecule has 3 N–H and O–H groups in total. The zero-order valence-electron chi connectivity index (χ0n) is 12.4. The van der Waals surface area contributed by atoms with Crippen LogP contribution < -0.4 is 10.6 Å². The minimum Gasteiger partial charge on any atom is -0.506 e. The monoisotopic (exact) mass is 309 g/mol. The number of aromatic hydroxyl groups is 1. The highest BCUT2D eigenvalue weighted by Gasteiger charge is 2.11. The minimum absolute atomic E-state index is 0.00489. The van der Waals surface area contributed by atoms with E-state index in [4.69, 9.17) is 4.52 Å². The van der Waals surface area contributed by atoms with Crippen molar-refractivity contribution >= 4 is 17.5 Å². The fraction of sp³-hybridized carbons (Fsp3) is 0.0588. The first-order valence-corrected chi connectivity index (χ1v) is 7.01. The largest absolute Gasteiger partial charge is 0.506 e. The number of benzene rings is 2. The summed E-state index contributed by atoms with van der Waals surface area (Å²) in [5.74, 6) is 0.845. The molecule has 3 aromatic rings. The second kappa shape index (κ2) is 6.23. The van der Waals surface area contributed by atoms with Crippen molar-refractivity contribution in [3.8, 4) is 17.1 Å². The molecule has 0 atom stereocenters. The van der Waals surface area contributed by atoms with E-state index in [1.807, 2.05) is 37.3 Å². The van der Waals surface area contributed by atoms with Gasteiger partial charge in [0.2, 0.25) is 0 Å². The van der Waals surface area contributed by atoms with Crippen molar-refractivity contribution in [2.75, 3.05) is 10.6 Å². The van der Waals surface area contributed by atoms with Gasteiger partial charge in [0.05, 0.1) is 5.69 Å². The second-order valence-corrected chi connectivity index (χ2v) is 5.04. The predicted octanol–water partition coefficient (Wildman–Crippen LogP) is 4.00. The number of aryl methyl sites for hydroxylation is 1. The molecule has 3 rings (SSSR count). The van der Waals surface area contributed by atoms with Gasteiger partial charge in [-0.1, -0.05) is 41.6 Å². The molecular formula is C17H15N3O3. The lowest BCUT2D eigenvalue weighted by Gasteiger charge is -2.07. The van der Waals surface area contributed by atoms with Crippen LogP contribution in [-0.2, 0) is 0 Å². The lowest BCUT2D eigenvalue weighted by molar-refractivity contribution is 0.261. The number of phenolic OH excluding ortho intramolecular Hbond substituents is 1. The maximum absolute atomic E-state index is 11.9. The summed E-state index contributed by atoms with van der Waals surface area (Å²) in [6, 6.07) is 15.5. The molecule has 0 aliphatic carbocycles. The van der Waals surface area contributed by atoms with Gasteiger partial charge in [-0.15, -0.1) is 0 Å². The standard InChI is InChI=1S/C17H15N3O3/c1-11-7-8-13(14(21)9-11)18-17(22)19-16-10-15(23-20-16)12-5-3-2-4-6-12/h2-10,21H,1H3,(H2,18,19,20,22). The Labute approximate surface area is 132 Å². The van der Waals surface area contributed by atoms with Crippen LogP contribution >= 0.6 is 0 Å². The van der Waals surface area contributed by atoms with Crippen LogP contribution in [0.15, 0.2) is 59.1 Å². The van der Waals surface area contributed by atoms with Crippen molar-refractivity contribution < 1.29 is 14.4 Å². The molecule has 0 unspecified atom stereocenters. The molecule has 0 spiro atoms. The molecule has 23 heavy (non-hydrogen) atoms. The number of nitrogens with one attached hydrogen (secondary N) is 2. The number of anilines is 2. The Kier molecular flexibility index (Phi) is 3.97. The van der Waals surface area contributed by atoms with Crippen molar-refractivity contribution in [1.82, 2.24) is 5.16 Å². The Balaban J connectivity index is 1.68. The Bertz CT molecular complexity index is 828. The van der Waals surface area contributed by atoms with Crippen LogP contribution in [0.4, 0.5) is 16.3 Å². The van der Waals surface area contributed by atoms with Crippen molar-refractivity contribution in [2.45, 2.75) is 6.92 Å². The molecule has 2 aromatic carbocycles.